The molecule has 2 rings (SSSR count). The Bertz CT molecular complexity index is 639. The molecule has 3 nitrogen and oxygen atoms in total. The topological polar surface area (TPSA) is 46.3 Å². The second-order valence-electron chi connectivity index (χ2n) is 6.06. The van der Waals surface area contributed by atoms with Crippen molar-refractivity contribution in [1.29, 1.82) is 0 Å². The highest BCUT2D eigenvalue weighted by Gasteiger charge is 2.22. The van der Waals surface area contributed by atoms with Gasteiger partial charge in [0.15, 0.2) is 0 Å². The number of carbonyl (C=O) groups is 1. The molecule has 2 aromatic carbocycles. The van der Waals surface area contributed by atoms with E-state index in [9.17, 15) is 4.79 Å². The van der Waals surface area contributed by atoms with E-state index in [4.69, 9.17) is 5.73 Å². The number of carbonyl (C=O) groups excluding carboxylic acids is 1. The first kappa shape index (κ1) is 19.5. The van der Waals surface area contributed by atoms with Crippen molar-refractivity contribution in [3.05, 3.63) is 48.0 Å². The fourth-order valence-corrected chi connectivity index (χ4v) is 2.66. The van der Waals surface area contributed by atoms with Crippen LogP contribution in [0.1, 0.15) is 25.8 Å². The van der Waals surface area contributed by atoms with Crippen LogP contribution in [-0.4, -0.2) is 30.4 Å². The molecule has 0 aliphatic heterocycles. The predicted octanol–water partition coefficient (Wildman–Crippen LogP) is 3.64. The van der Waals surface area contributed by atoms with Crippen LogP contribution in [0.3, 0.4) is 0 Å². The summed E-state index contributed by atoms with van der Waals surface area (Å²) in [4.78, 5) is 14.1. The second kappa shape index (κ2) is 8.90. The van der Waals surface area contributed by atoms with Crippen molar-refractivity contribution in [2.24, 2.45) is 11.7 Å². The lowest BCUT2D eigenvalue weighted by Gasteiger charge is -2.24. The standard InChI is InChI=1S/C19H26N2O.ClH/c1-4-14(2)18(20)19(22)21(3)13-12-16-10-7-9-15-8-5-6-11-17(15)16;/h5-11,14,18H,4,12-13,20H2,1-3H3;1H. The van der Waals surface area contributed by atoms with Crippen molar-refractivity contribution in [3.8, 4) is 0 Å². The molecule has 2 aromatic rings. The highest BCUT2D eigenvalue weighted by molar-refractivity contribution is 5.86. The van der Waals surface area contributed by atoms with Crippen molar-refractivity contribution in [3.63, 3.8) is 0 Å². The molecule has 0 heterocycles. The fourth-order valence-electron chi connectivity index (χ4n) is 2.66. The maximum Gasteiger partial charge on any atom is 0.239 e. The summed E-state index contributed by atoms with van der Waals surface area (Å²) >= 11 is 0. The molecule has 0 fully saturated rings. The van der Waals surface area contributed by atoms with Crippen LogP contribution >= 0.6 is 12.4 Å². The maximum atomic E-state index is 12.3. The van der Waals surface area contributed by atoms with Crippen LogP contribution in [0.5, 0.6) is 0 Å². The molecule has 23 heavy (non-hydrogen) atoms. The third-order valence-electron chi connectivity index (χ3n) is 4.51. The van der Waals surface area contributed by atoms with Crippen LogP contribution in [0.2, 0.25) is 0 Å². The van der Waals surface area contributed by atoms with Gasteiger partial charge in [0.25, 0.3) is 0 Å². The number of hydrogen-bond donors (Lipinski definition) is 1. The van der Waals surface area contributed by atoms with Gasteiger partial charge in [-0.2, -0.15) is 0 Å². The SMILES string of the molecule is CCC(C)C(N)C(=O)N(C)CCc1cccc2ccccc12.Cl. The van der Waals surface area contributed by atoms with E-state index in [2.05, 4.69) is 43.3 Å². The molecule has 0 spiro atoms. The molecule has 2 N–H and O–H groups in total. The van der Waals surface area contributed by atoms with Gasteiger partial charge in [0, 0.05) is 13.6 Å². The van der Waals surface area contributed by atoms with Crippen LogP contribution in [0, 0.1) is 5.92 Å². The van der Waals surface area contributed by atoms with Crippen LogP contribution in [0.4, 0.5) is 0 Å². The average molecular weight is 335 g/mol. The number of hydrogen-bond acceptors (Lipinski definition) is 2. The number of halogens is 1. The van der Waals surface area contributed by atoms with Crippen molar-refractivity contribution >= 4 is 29.1 Å². The Balaban J connectivity index is 0.00000264. The maximum absolute atomic E-state index is 12.3. The zero-order chi connectivity index (χ0) is 16.1. The van der Waals surface area contributed by atoms with Gasteiger partial charge in [0.05, 0.1) is 6.04 Å². The smallest absolute Gasteiger partial charge is 0.239 e. The minimum absolute atomic E-state index is 0. The molecule has 126 valence electrons. The van der Waals surface area contributed by atoms with E-state index >= 15 is 0 Å². The summed E-state index contributed by atoms with van der Waals surface area (Å²) in [6.45, 7) is 4.78. The van der Waals surface area contributed by atoms with Gasteiger partial charge in [0.2, 0.25) is 5.91 Å². The van der Waals surface area contributed by atoms with Gasteiger partial charge < -0.3 is 10.6 Å². The Hall–Kier alpha value is -1.58. The lowest BCUT2D eigenvalue weighted by Crippen LogP contribution is -2.46. The Morgan fingerprint density at radius 2 is 1.83 bits per heavy atom. The van der Waals surface area contributed by atoms with E-state index < -0.39 is 6.04 Å². The molecule has 2 atom stereocenters. The van der Waals surface area contributed by atoms with Crippen molar-refractivity contribution < 1.29 is 4.79 Å². The van der Waals surface area contributed by atoms with Crippen molar-refractivity contribution in [2.45, 2.75) is 32.7 Å². The molecule has 0 saturated carbocycles. The number of fused-ring (bicyclic) bond motifs is 1. The van der Waals surface area contributed by atoms with E-state index in [0.29, 0.717) is 6.54 Å². The quantitative estimate of drug-likeness (QED) is 0.876. The van der Waals surface area contributed by atoms with Crippen molar-refractivity contribution in [2.75, 3.05) is 13.6 Å². The van der Waals surface area contributed by atoms with Crippen LogP contribution in [-0.2, 0) is 11.2 Å². The summed E-state index contributed by atoms with van der Waals surface area (Å²) in [5.41, 5.74) is 7.31. The van der Waals surface area contributed by atoms with Gasteiger partial charge in [-0.3, -0.25) is 4.79 Å². The Morgan fingerprint density at radius 3 is 2.52 bits per heavy atom. The lowest BCUT2D eigenvalue weighted by atomic mass is 9.98. The van der Waals surface area contributed by atoms with Gasteiger partial charge in [-0.05, 0) is 28.7 Å². The largest absolute Gasteiger partial charge is 0.344 e. The molecular formula is C19H27ClN2O. The van der Waals surface area contributed by atoms with Gasteiger partial charge in [0.1, 0.15) is 0 Å². The summed E-state index contributed by atoms with van der Waals surface area (Å²) in [7, 11) is 1.84. The van der Waals surface area contributed by atoms with E-state index in [1.165, 1.54) is 16.3 Å². The summed E-state index contributed by atoms with van der Waals surface area (Å²) in [5, 5.41) is 2.50. The van der Waals surface area contributed by atoms with Crippen molar-refractivity contribution in [1.82, 2.24) is 4.90 Å². The zero-order valence-electron chi connectivity index (χ0n) is 14.2. The minimum atomic E-state index is -0.400. The molecule has 0 radical (unpaired) electrons. The first-order valence-corrected chi connectivity index (χ1v) is 8.01. The van der Waals surface area contributed by atoms with E-state index in [-0.39, 0.29) is 24.2 Å². The number of nitrogens with zero attached hydrogens (tertiary/aromatic N) is 1. The number of benzene rings is 2. The minimum Gasteiger partial charge on any atom is -0.344 e. The summed E-state index contributed by atoms with van der Waals surface area (Å²) in [5.74, 6) is 0.252. The monoisotopic (exact) mass is 334 g/mol. The first-order valence-electron chi connectivity index (χ1n) is 8.01. The molecular weight excluding hydrogens is 308 g/mol. The molecule has 1 amide bonds. The van der Waals surface area contributed by atoms with Crippen LogP contribution in [0.15, 0.2) is 42.5 Å². The van der Waals surface area contributed by atoms with E-state index in [0.717, 1.165) is 12.8 Å². The Kier molecular flexibility index (Phi) is 7.53. The summed E-state index contributed by atoms with van der Waals surface area (Å²) in [6, 6.07) is 14.3. The molecule has 4 heteroatoms. The van der Waals surface area contributed by atoms with Gasteiger partial charge in [-0.1, -0.05) is 62.7 Å². The molecule has 0 bridgehead atoms. The van der Waals surface area contributed by atoms with E-state index in [1.54, 1.807) is 4.90 Å². The third kappa shape index (κ3) is 4.69. The number of rotatable bonds is 6. The number of nitrogens with two attached hydrogens (primary N) is 1. The number of likely N-dealkylation sites (N-methyl/N-ethyl adjacent to an activating group) is 1. The summed E-state index contributed by atoms with van der Waals surface area (Å²) in [6.07, 6.45) is 1.76. The lowest BCUT2D eigenvalue weighted by molar-refractivity contribution is -0.132. The molecule has 2 unspecified atom stereocenters. The first-order chi connectivity index (χ1) is 10.5. The molecule has 0 aliphatic carbocycles. The Labute approximate surface area is 145 Å². The van der Waals surface area contributed by atoms with Gasteiger partial charge >= 0.3 is 0 Å². The highest BCUT2D eigenvalue weighted by atomic mass is 35.5. The fraction of sp³-hybridized carbons (Fsp3) is 0.421. The average Bonchev–Trinajstić information content (AvgIpc) is 2.57. The van der Waals surface area contributed by atoms with Gasteiger partial charge in [-0.15, -0.1) is 12.4 Å². The third-order valence-corrected chi connectivity index (χ3v) is 4.51. The molecule has 0 aromatic heterocycles. The highest BCUT2D eigenvalue weighted by Crippen LogP contribution is 2.19. The zero-order valence-corrected chi connectivity index (χ0v) is 15.0. The molecule has 0 saturated heterocycles. The van der Waals surface area contributed by atoms with E-state index in [1.807, 2.05) is 20.0 Å². The Morgan fingerprint density at radius 1 is 1.17 bits per heavy atom. The number of amides is 1. The normalized spacial score (nSPS) is 13.2. The predicted molar refractivity (Wildman–Crippen MR) is 100.0 cm³/mol. The summed E-state index contributed by atoms with van der Waals surface area (Å²) < 4.78 is 0. The molecule has 0 aliphatic rings. The van der Waals surface area contributed by atoms with Gasteiger partial charge in [-0.25, -0.2) is 0 Å². The second-order valence-corrected chi connectivity index (χ2v) is 6.06. The van der Waals surface area contributed by atoms with Crippen LogP contribution in [0.25, 0.3) is 10.8 Å². The van der Waals surface area contributed by atoms with Crippen LogP contribution < -0.4 is 5.73 Å².